The number of non-ortho nitro benzene ring substituents is 1. The molecule has 1 amide bonds. The minimum Gasteiger partial charge on any atom is -0.484 e. The van der Waals surface area contributed by atoms with Gasteiger partial charge in [0.1, 0.15) is 5.75 Å². The largest absolute Gasteiger partial charge is 0.484 e. The highest BCUT2D eigenvalue weighted by molar-refractivity contribution is 7.15. The zero-order chi connectivity index (χ0) is 20.4. The number of benzene rings is 2. The second-order valence-electron chi connectivity index (χ2n) is 5.85. The number of fused-ring (bicyclic) bond motifs is 1. The number of nitro groups is 1. The number of nitrogens with zero attached hydrogens (tertiary/aromatic N) is 4. The summed E-state index contributed by atoms with van der Waals surface area (Å²) in [4.78, 5) is 27.2. The maximum Gasteiger partial charge on any atom is 0.269 e. The van der Waals surface area contributed by atoms with Crippen LogP contribution in [0.3, 0.4) is 0 Å². The fourth-order valence-corrected chi connectivity index (χ4v) is 3.48. The third-order valence-electron chi connectivity index (χ3n) is 3.89. The molecule has 0 bridgehead atoms. The fourth-order valence-electron chi connectivity index (χ4n) is 2.53. The first kappa shape index (κ1) is 18.8. The van der Waals surface area contributed by atoms with Crippen molar-refractivity contribution in [2.45, 2.75) is 0 Å². The number of anilines is 1. The Labute approximate surface area is 172 Å². The first-order valence-electron chi connectivity index (χ1n) is 8.27. The summed E-state index contributed by atoms with van der Waals surface area (Å²) >= 11 is 7.32. The molecule has 0 saturated heterocycles. The number of carbonyl (C=O) groups is 1. The van der Waals surface area contributed by atoms with Crippen LogP contribution in [0.5, 0.6) is 5.75 Å². The van der Waals surface area contributed by atoms with Gasteiger partial charge in [-0.3, -0.25) is 20.2 Å². The van der Waals surface area contributed by atoms with Gasteiger partial charge in [-0.2, -0.15) is 4.98 Å². The fraction of sp³-hybridized carbons (Fsp3) is 0.0556. The number of hydrogen-bond acceptors (Lipinski definition) is 7. The van der Waals surface area contributed by atoms with Crippen molar-refractivity contribution in [3.63, 3.8) is 0 Å². The predicted molar refractivity (Wildman–Crippen MR) is 109 cm³/mol. The lowest BCUT2D eigenvalue weighted by Gasteiger charge is -2.05. The molecule has 4 aromatic rings. The summed E-state index contributed by atoms with van der Waals surface area (Å²) < 4.78 is 6.97. The van der Waals surface area contributed by atoms with Gasteiger partial charge in [0.25, 0.3) is 17.5 Å². The molecule has 2 aromatic carbocycles. The lowest BCUT2D eigenvalue weighted by atomic mass is 10.2. The van der Waals surface area contributed by atoms with Crippen LogP contribution < -0.4 is 10.1 Å². The van der Waals surface area contributed by atoms with Crippen molar-refractivity contribution in [3.05, 3.63) is 69.0 Å². The number of nitrogens with one attached hydrogen (secondary N) is 1. The van der Waals surface area contributed by atoms with Gasteiger partial charge in [-0.15, -0.1) is 16.4 Å². The van der Waals surface area contributed by atoms with E-state index in [1.54, 1.807) is 16.6 Å². The van der Waals surface area contributed by atoms with Crippen LogP contribution in [0.15, 0.2) is 53.9 Å². The van der Waals surface area contributed by atoms with Gasteiger partial charge in [0.15, 0.2) is 6.61 Å². The maximum atomic E-state index is 12.1. The van der Waals surface area contributed by atoms with E-state index in [1.165, 1.54) is 35.6 Å². The maximum absolute atomic E-state index is 12.1. The van der Waals surface area contributed by atoms with E-state index in [4.69, 9.17) is 16.3 Å². The Bertz CT molecular complexity index is 1190. The van der Waals surface area contributed by atoms with Crippen LogP contribution in [-0.2, 0) is 4.79 Å². The number of nitro benzene ring substituents is 1. The number of amides is 1. The lowest BCUT2D eigenvalue weighted by molar-refractivity contribution is -0.384. The first-order chi connectivity index (χ1) is 14.0. The summed E-state index contributed by atoms with van der Waals surface area (Å²) in [6.07, 6.45) is 0. The highest BCUT2D eigenvalue weighted by Gasteiger charge is 2.14. The molecule has 0 spiro atoms. The van der Waals surface area contributed by atoms with Crippen molar-refractivity contribution in [1.29, 1.82) is 0 Å². The minimum absolute atomic E-state index is 0.0550. The summed E-state index contributed by atoms with van der Waals surface area (Å²) in [5.41, 5.74) is 1.70. The Hall–Kier alpha value is -3.50. The van der Waals surface area contributed by atoms with Gasteiger partial charge in [0, 0.05) is 28.1 Å². The summed E-state index contributed by atoms with van der Waals surface area (Å²) in [7, 11) is 0. The normalized spacial score (nSPS) is 10.8. The molecule has 0 atom stereocenters. The highest BCUT2D eigenvalue weighted by Crippen LogP contribution is 2.27. The van der Waals surface area contributed by atoms with Gasteiger partial charge >= 0.3 is 0 Å². The molecular formula is C18H12ClN5O4S. The second-order valence-corrected chi connectivity index (χ2v) is 7.12. The molecule has 0 fully saturated rings. The zero-order valence-electron chi connectivity index (χ0n) is 14.6. The zero-order valence-corrected chi connectivity index (χ0v) is 16.2. The van der Waals surface area contributed by atoms with Crippen molar-refractivity contribution >= 4 is 45.4 Å². The number of rotatable bonds is 6. The molecular weight excluding hydrogens is 418 g/mol. The molecule has 0 saturated carbocycles. The monoisotopic (exact) mass is 429 g/mol. The number of ether oxygens (including phenoxy) is 1. The average Bonchev–Trinajstić information content (AvgIpc) is 3.27. The van der Waals surface area contributed by atoms with Crippen molar-refractivity contribution in [2.75, 3.05) is 11.9 Å². The molecule has 2 heterocycles. The van der Waals surface area contributed by atoms with E-state index in [1.807, 2.05) is 17.5 Å². The van der Waals surface area contributed by atoms with Crippen LogP contribution in [0.4, 0.5) is 11.6 Å². The quantitative estimate of drug-likeness (QED) is 0.365. The Kier molecular flexibility index (Phi) is 5.10. The molecule has 29 heavy (non-hydrogen) atoms. The number of carbonyl (C=O) groups excluding carboxylic acids is 1. The molecule has 0 radical (unpaired) electrons. The van der Waals surface area contributed by atoms with Gasteiger partial charge in [0.2, 0.25) is 4.96 Å². The molecule has 0 unspecified atom stereocenters. The summed E-state index contributed by atoms with van der Waals surface area (Å²) in [6.45, 7) is -0.283. The van der Waals surface area contributed by atoms with Crippen molar-refractivity contribution in [3.8, 4) is 17.0 Å². The topological polar surface area (TPSA) is 112 Å². The van der Waals surface area contributed by atoms with E-state index in [-0.39, 0.29) is 18.2 Å². The summed E-state index contributed by atoms with van der Waals surface area (Å²) in [5.74, 6) is 0.0496. The van der Waals surface area contributed by atoms with E-state index >= 15 is 0 Å². The van der Waals surface area contributed by atoms with Crippen LogP contribution in [0.25, 0.3) is 16.2 Å². The minimum atomic E-state index is -0.509. The standard InChI is InChI=1S/C18H12ClN5O4S/c19-12-3-1-11(2-4-12)15-10-29-18-21-17(22-23(15)18)20-16(25)9-28-14-7-5-13(6-8-14)24(26)27/h1-8,10H,9H2,(H,20,22,25). The van der Waals surface area contributed by atoms with E-state index in [9.17, 15) is 14.9 Å². The predicted octanol–water partition coefficient (Wildman–Crippen LogP) is 4.04. The third kappa shape index (κ3) is 4.18. The van der Waals surface area contributed by atoms with Gasteiger partial charge in [-0.25, -0.2) is 4.52 Å². The first-order valence-corrected chi connectivity index (χ1v) is 9.53. The number of hydrogen-bond donors (Lipinski definition) is 1. The van der Waals surface area contributed by atoms with Crippen LogP contribution in [0.2, 0.25) is 5.02 Å². The molecule has 0 aliphatic heterocycles. The second kappa shape index (κ2) is 7.86. The van der Waals surface area contributed by atoms with Crippen LogP contribution in [0, 0.1) is 10.1 Å². The summed E-state index contributed by atoms with van der Waals surface area (Å²) in [6, 6.07) is 12.8. The van der Waals surface area contributed by atoms with Gasteiger partial charge < -0.3 is 4.74 Å². The molecule has 1 N–H and O–H groups in total. The van der Waals surface area contributed by atoms with Crippen LogP contribution >= 0.6 is 22.9 Å². The molecule has 4 rings (SSSR count). The molecule has 2 aromatic heterocycles. The molecule has 0 aliphatic rings. The van der Waals surface area contributed by atoms with Gasteiger partial charge in [-0.05, 0) is 24.3 Å². The third-order valence-corrected chi connectivity index (χ3v) is 4.96. The highest BCUT2D eigenvalue weighted by atomic mass is 35.5. The Balaban J connectivity index is 1.42. The molecule has 11 heteroatoms. The van der Waals surface area contributed by atoms with Gasteiger partial charge in [-0.1, -0.05) is 23.7 Å². The van der Waals surface area contributed by atoms with E-state index in [0.717, 1.165) is 11.3 Å². The molecule has 0 aliphatic carbocycles. The lowest BCUT2D eigenvalue weighted by Crippen LogP contribution is -2.20. The van der Waals surface area contributed by atoms with Crippen LogP contribution in [0.1, 0.15) is 0 Å². The van der Waals surface area contributed by atoms with Crippen LogP contribution in [-0.4, -0.2) is 32.0 Å². The Morgan fingerprint density at radius 2 is 1.93 bits per heavy atom. The average molecular weight is 430 g/mol. The molecule has 9 nitrogen and oxygen atoms in total. The van der Waals surface area contributed by atoms with Crippen molar-refractivity contribution < 1.29 is 14.5 Å². The smallest absolute Gasteiger partial charge is 0.269 e. The van der Waals surface area contributed by atoms with Crippen molar-refractivity contribution in [1.82, 2.24) is 14.6 Å². The number of halogens is 1. The Morgan fingerprint density at radius 1 is 1.21 bits per heavy atom. The SMILES string of the molecule is O=C(COc1ccc([N+](=O)[O-])cc1)Nc1nc2scc(-c3ccc(Cl)cc3)n2n1. The van der Waals surface area contributed by atoms with E-state index in [0.29, 0.717) is 15.7 Å². The number of aromatic nitrogens is 3. The molecule has 146 valence electrons. The van der Waals surface area contributed by atoms with E-state index in [2.05, 4.69) is 15.4 Å². The van der Waals surface area contributed by atoms with Gasteiger partial charge in [0.05, 0.1) is 10.6 Å². The summed E-state index contributed by atoms with van der Waals surface area (Å²) in [5, 5.41) is 20.1. The Morgan fingerprint density at radius 3 is 2.62 bits per heavy atom. The van der Waals surface area contributed by atoms with Crippen molar-refractivity contribution in [2.24, 2.45) is 0 Å². The number of thiazole rings is 1. The van der Waals surface area contributed by atoms with E-state index < -0.39 is 10.8 Å².